The quantitative estimate of drug-likeness (QED) is 0.00734. The number of imidazole rings is 3. The van der Waals surface area contributed by atoms with E-state index in [1.54, 1.807) is 24.3 Å². The van der Waals surface area contributed by atoms with Crippen LogP contribution in [0.4, 0.5) is 17.5 Å². The minimum Gasteiger partial charge on any atom is -0.508 e. The number of phenolic OH excluding ortho intramolecular Hbond substituents is 4. The molecule has 0 unspecified atom stereocenters. The number of hydrogen-bond donors (Lipinski definition) is 14. The summed E-state index contributed by atoms with van der Waals surface area (Å²) in [6.45, 7) is 9.01. The van der Waals surface area contributed by atoms with Gasteiger partial charge in [0.05, 0.1) is 112 Å². The van der Waals surface area contributed by atoms with Gasteiger partial charge in [-0.05, 0) is 122 Å². The zero-order valence-corrected chi connectivity index (χ0v) is 83.7. The van der Waals surface area contributed by atoms with Gasteiger partial charge in [-0.15, -0.1) is 15.2 Å². The third kappa shape index (κ3) is 29.8. The van der Waals surface area contributed by atoms with Crippen LogP contribution in [0.2, 0.25) is 0 Å². The molecule has 792 valence electrons. The minimum atomic E-state index is -4.99. The fourth-order valence-electron chi connectivity index (χ4n) is 16.6. The van der Waals surface area contributed by atoms with Crippen molar-refractivity contribution >= 4 is 170 Å². The number of carbonyl (C=O) groups excluding carboxylic acids is 12. The van der Waals surface area contributed by atoms with Crippen molar-refractivity contribution in [1.82, 2.24) is 74.7 Å². The zero-order valence-electron chi connectivity index (χ0n) is 81.9. The fourth-order valence-corrected chi connectivity index (χ4v) is 17.4. The number of unbranched alkanes of at least 4 members (excludes halogenated alkanes) is 3. The van der Waals surface area contributed by atoms with Crippen LogP contribution in [-0.4, -0.2) is 229 Å². The number of anilines is 3. The monoisotopic (exact) mass is 2100 g/mol. The zero-order chi connectivity index (χ0) is 107. The molecule has 0 spiro atoms. The van der Waals surface area contributed by atoms with Crippen LogP contribution in [0.1, 0.15) is 187 Å². The molecular weight excluding hydrogens is 1980 g/mol. The first-order valence-electron chi connectivity index (χ1n) is 48.4. The molecule has 15 rings (SSSR count). The van der Waals surface area contributed by atoms with Crippen molar-refractivity contribution in [3.05, 3.63) is 160 Å². The Kier molecular flexibility index (Phi) is 38.1. The number of benzene rings is 6. The molecule has 9 amide bonds. The van der Waals surface area contributed by atoms with Crippen molar-refractivity contribution in [2.45, 2.75) is 195 Å². The number of carbonyl (C=O) groups is 12. The number of hydroxylamine groups is 6. The number of phosphoric acid groups is 2. The topological polar surface area (TPSA) is 691 Å². The number of nitrogen functional groups attached to an aromatic ring is 3. The largest absolute Gasteiger partial charge is 0.524 e. The van der Waals surface area contributed by atoms with Crippen molar-refractivity contribution in [1.29, 1.82) is 0 Å². The highest BCUT2D eigenvalue weighted by molar-refractivity contribution is 7.47. The number of rotatable bonds is 49. The van der Waals surface area contributed by atoms with Gasteiger partial charge in [-0.1, -0.05) is 82.5 Å². The summed E-state index contributed by atoms with van der Waals surface area (Å²) in [5, 5.41) is 53.6. The number of phosphoric ester groups is 2. The van der Waals surface area contributed by atoms with E-state index in [-0.39, 0.29) is 177 Å². The van der Waals surface area contributed by atoms with E-state index in [0.29, 0.717) is 152 Å². The van der Waals surface area contributed by atoms with Crippen LogP contribution in [-0.2, 0) is 154 Å². The van der Waals surface area contributed by atoms with Crippen molar-refractivity contribution in [3.63, 3.8) is 0 Å². The van der Waals surface area contributed by atoms with E-state index in [1.807, 2.05) is 75.2 Å². The summed E-state index contributed by atoms with van der Waals surface area (Å²) in [4.78, 5) is 221. The lowest BCUT2D eigenvalue weighted by Gasteiger charge is -2.16. The number of phenols is 4. The van der Waals surface area contributed by atoms with Gasteiger partial charge in [0, 0.05) is 130 Å². The molecule has 6 aromatic heterocycles. The molecule has 50 heteroatoms. The first kappa shape index (κ1) is 111. The van der Waals surface area contributed by atoms with Gasteiger partial charge in [-0.2, -0.15) is 0 Å². The molecule has 0 saturated carbocycles. The summed E-state index contributed by atoms with van der Waals surface area (Å²) in [7, 11) is -9.90. The molecule has 3 fully saturated rings. The van der Waals surface area contributed by atoms with Crippen molar-refractivity contribution in [2.75, 3.05) is 76.5 Å². The number of pyridine rings is 3. The highest BCUT2D eigenvalue weighted by atomic mass is 31.2. The number of ether oxygens (including phenoxy) is 3. The first-order valence-corrected chi connectivity index (χ1v) is 51.5. The lowest BCUT2D eigenvalue weighted by atomic mass is 10.1. The Morgan fingerprint density at radius 3 is 1.06 bits per heavy atom. The van der Waals surface area contributed by atoms with Crippen molar-refractivity contribution < 1.29 is 144 Å². The normalized spacial score (nSPS) is 13.3. The summed E-state index contributed by atoms with van der Waals surface area (Å²) >= 11 is 0. The fraction of sp³-hybridized carbons (Fsp3) is 0.394. The Hall–Kier alpha value is -15.4. The first-order chi connectivity index (χ1) is 71.3. The standard InChI is InChI=1S/2C33H39N6O11P.C33H38N6O8/c1-2-3-7-25-37-30-31(38(25)19-21-5-4-6-24(32(21)44)50-51(45,46)47)22-18-20(8-9-23(22)36-33(30)34)14-16-48-17-15-35-26(40)10-13-29(43)49-39-27(41)11-12-28(39)42;1-2-3-7-25-37-30-31(38(25)19-21-5-4-6-24(40)32(21)50-51(45,46)47)22-18-20(8-9-23(22)36-33(30)34)14-16-48-17-15-35-26(41)10-13-29(44)49-39-27(42)11-12-28(39)43;1-2-3-4-26-37-31-32(38(26)19-21-18-22(40)6-8-25(21)41)23-17-20(5-7-24(23)36-33(31)34)13-15-46-16-14-35-27(42)9-12-30(45)47-39-28(43)10-11-29(39)44/h4-6,8-9,18,44H,2-3,7,10-17,19H2,1H3,(H2,34,36)(H,35,40)(H2,45,46,47);4-6,8-9,18,40H,2-3,7,10-17,19H2,1H3,(H2,34,36)(H,35,41)(H2,45,46,47);5-8,17-18,40-41H,2-4,9-16,19H2,1H3,(H2,34,36)(H,35,42). The maximum absolute atomic E-state index is 12.1. The Balaban J connectivity index is 0.000000187. The van der Waals surface area contributed by atoms with Gasteiger partial charge in [0.25, 0.3) is 35.4 Å². The summed E-state index contributed by atoms with van der Waals surface area (Å²) < 4.78 is 55.8. The van der Waals surface area contributed by atoms with Crippen LogP contribution in [0.15, 0.2) is 109 Å². The Morgan fingerprint density at radius 1 is 0.376 bits per heavy atom. The maximum Gasteiger partial charge on any atom is 0.524 e. The third-order valence-corrected chi connectivity index (χ3v) is 24.9. The van der Waals surface area contributed by atoms with E-state index in [9.17, 15) is 107 Å². The number of amides is 9. The van der Waals surface area contributed by atoms with E-state index < -0.39 is 92.3 Å². The molecule has 6 aromatic carbocycles. The number of aryl methyl sites for hydroxylation is 3. The second kappa shape index (κ2) is 51.3. The highest BCUT2D eigenvalue weighted by Crippen LogP contribution is 2.47. The van der Waals surface area contributed by atoms with Crippen LogP contribution in [0.3, 0.4) is 0 Å². The number of para-hydroxylation sites is 2. The number of hydrogen-bond acceptors (Lipinski definition) is 35. The molecule has 3 saturated heterocycles. The number of aromatic nitrogens is 9. The van der Waals surface area contributed by atoms with E-state index in [4.69, 9.17) is 69.9 Å². The van der Waals surface area contributed by atoms with E-state index in [0.717, 1.165) is 82.7 Å². The van der Waals surface area contributed by atoms with Gasteiger partial charge in [0.1, 0.15) is 45.5 Å². The number of nitrogens with two attached hydrogens (primary N) is 3. The van der Waals surface area contributed by atoms with E-state index >= 15 is 0 Å². The molecule has 9 heterocycles. The van der Waals surface area contributed by atoms with Gasteiger partial charge in [0.2, 0.25) is 17.7 Å². The molecule has 12 aromatic rings. The average molecular weight is 2100 g/mol. The Labute approximate surface area is 850 Å². The van der Waals surface area contributed by atoms with Crippen LogP contribution in [0.25, 0.3) is 65.8 Å². The van der Waals surface area contributed by atoms with Gasteiger partial charge >= 0.3 is 33.6 Å². The molecule has 0 atom stereocenters. The predicted molar refractivity (Wildman–Crippen MR) is 535 cm³/mol. The second-order valence-electron chi connectivity index (χ2n) is 35.1. The van der Waals surface area contributed by atoms with Gasteiger partial charge in [0.15, 0.2) is 40.5 Å². The molecular formula is C99H116N18O30P2. The molecule has 0 bridgehead atoms. The molecule has 0 aliphatic carbocycles. The number of aromatic hydroxyl groups is 4. The SMILES string of the molecule is CCCCc1nc2c(N)nc3ccc(CCOCCNC(=O)CCC(=O)ON4C(=O)CCC4=O)cc3c2n1Cc1cc(O)ccc1O.CCCCc1nc2c(N)nc3ccc(CCOCCNC(=O)CCC(=O)ON4C(=O)CCC4=O)cc3c2n1Cc1cccc(O)c1OP(=O)(O)O.CCCCc1nc2c(N)nc3ccc(CCOCCNC(=O)CCC(=O)ON4C(=O)CCC4=O)cc3c2n1Cc1cccc(OP(=O)(O)O)c1O. The second-order valence-corrected chi connectivity index (χ2v) is 37.4. The number of imide groups is 3. The van der Waals surface area contributed by atoms with Gasteiger partial charge < -0.3 is 105 Å². The summed E-state index contributed by atoms with van der Waals surface area (Å²) in [5.41, 5.74) is 28.8. The third-order valence-electron chi connectivity index (χ3n) is 24.0. The summed E-state index contributed by atoms with van der Waals surface area (Å²) in [6.07, 6.45) is 7.45. The molecule has 149 heavy (non-hydrogen) atoms. The van der Waals surface area contributed by atoms with Gasteiger partial charge in [-0.3, -0.25) is 62.7 Å². The average Bonchev–Trinajstić information content (AvgIpc) is 1.61. The summed E-state index contributed by atoms with van der Waals surface area (Å²) in [5.74, 6) is -5.63. The Bertz CT molecular complexity index is 7110. The molecule has 48 nitrogen and oxygen atoms in total. The van der Waals surface area contributed by atoms with Gasteiger partial charge in [-0.25, -0.2) is 53.4 Å². The van der Waals surface area contributed by atoms with E-state index in [1.165, 1.54) is 30.3 Å². The number of fused-ring (bicyclic) bond motifs is 9. The molecule has 0 radical (unpaired) electrons. The lowest BCUT2D eigenvalue weighted by molar-refractivity contribution is -0.197. The summed E-state index contributed by atoms with van der Waals surface area (Å²) in [6, 6.07) is 30.6. The van der Waals surface area contributed by atoms with Crippen molar-refractivity contribution in [3.8, 4) is 34.5 Å². The smallest absolute Gasteiger partial charge is 0.508 e. The number of nitrogens with one attached hydrogen (secondary N) is 3. The molecule has 3 aliphatic heterocycles. The predicted octanol–water partition coefficient (Wildman–Crippen LogP) is 8.63. The van der Waals surface area contributed by atoms with Crippen LogP contribution < -0.4 is 42.2 Å². The van der Waals surface area contributed by atoms with Crippen LogP contribution in [0.5, 0.6) is 34.5 Å². The highest BCUT2D eigenvalue weighted by Gasteiger charge is 2.37. The maximum atomic E-state index is 12.1. The lowest BCUT2D eigenvalue weighted by Crippen LogP contribution is -2.33. The van der Waals surface area contributed by atoms with E-state index in [2.05, 4.69) is 44.7 Å². The van der Waals surface area contributed by atoms with Crippen LogP contribution in [0, 0.1) is 0 Å². The molecule has 3 aliphatic rings. The number of nitrogens with zero attached hydrogens (tertiary/aromatic N) is 12. The minimum absolute atomic E-state index is 0.00291. The Morgan fingerprint density at radius 2 is 0.711 bits per heavy atom. The molecule has 17 N–H and O–H groups in total. The van der Waals surface area contributed by atoms with Crippen LogP contribution >= 0.6 is 15.6 Å². The van der Waals surface area contributed by atoms with Crippen molar-refractivity contribution in [2.24, 2.45) is 0 Å².